The number of aromatic hydroxyl groups is 1. The molecule has 0 unspecified atom stereocenters. The molecule has 0 amide bonds. The summed E-state index contributed by atoms with van der Waals surface area (Å²) >= 11 is 1.57. The number of phenolic OH excluding ortho intramolecular Hbond substituents is 1. The minimum atomic E-state index is -0.318. The molecule has 1 aromatic carbocycles. The van der Waals surface area contributed by atoms with E-state index in [1.54, 1.807) is 23.9 Å². The number of Topliss-reactive ketones (excluding diaryl/α,β-unsaturated/α-hetero) is 1. The van der Waals surface area contributed by atoms with Crippen molar-refractivity contribution in [1.82, 2.24) is 14.8 Å². The number of nitrogens with one attached hydrogen (secondary N) is 1. The molecular formula is C19H22N4O2S. The van der Waals surface area contributed by atoms with Gasteiger partial charge in [0, 0.05) is 12.1 Å². The highest BCUT2D eigenvalue weighted by atomic mass is 32.2. The maximum absolute atomic E-state index is 13.0. The number of ketones is 1. The molecule has 1 aliphatic carbocycles. The van der Waals surface area contributed by atoms with Gasteiger partial charge in [-0.25, -0.2) is 4.68 Å². The van der Waals surface area contributed by atoms with Gasteiger partial charge in [0.05, 0.1) is 12.0 Å². The van der Waals surface area contributed by atoms with E-state index in [9.17, 15) is 9.90 Å². The summed E-state index contributed by atoms with van der Waals surface area (Å²) in [6.07, 6.45) is 2.65. The van der Waals surface area contributed by atoms with Gasteiger partial charge >= 0.3 is 0 Å². The predicted molar refractivity (Wildman–Crippen MR) is 101 cm³/mol. The molecule has 2 heterocycles. The number of hydrogen-bond donors (Lipinski definition) is 2. The van der Waals surface area contributed by atoms with Gasteiger partial charge in [-0.15, -0.1) is 5.10 Å². The summed E-state index contributed by atoms with van der Waals surface area (Å²) in [5, 5.41) is 18.3. The first-order chi connectivity index (χ1) is 12.4. The summed E-state index contributed by atoms with van der Waals surface area (Å²) in [6, 6.07) is 6.75. The van der Waals surface area contributed by atoms with Gasteiger partial charge in [0.15, 0.2) is 0 Å². The van der Waals surface area contributed by atoms with Crippen molar-refractivity contribution < 1.29 is 9.90 Å². The average molecular weight is 370 g/mol. The molecule has 7 heteroatoms. The Morgan fingerprint density at radius 1 is 1.35 bits per heavy atom. The Bertz CT molecular complexity index is 885. The number of rotatable bonds is 3. The fourth-order valence-corrected chi connectivity index (χ4v) is 4.36. The summed E-state index contributed by atoms with van der Waals surface area (Å²) in [6.45, 7) is 6.20. The summed E-state index contributed by atoms with van der Waals surface area (Å²) in [7, 11) is 0. The smallest absolute Gasteiger partial charge is 0.227 e. The van der Waals surface area contributed by atoms with Crippen molar-refractivity contribution in [3.05, 3.63) is 41.6 Å². The molecule has 0 saturated heterocycles. The van der Waals surface area contributed by atoms with Gasteiger partial charge in [-0.05, 0) is 28.9 Å². The van der Waals surface area contributed by atoms with E-state index in [1.807, 2.05) is 16.8 Å². The number of thioether (sulfide) groups is 1. The quantitative estimate of drug-likeness (QED) is 0.804. The largest absolute Gasteiger partial charge is 0.508 e. The molecule has 2 atom stereocenters. The zero-order chi connectivity index (χ0) is 18.5. The van der Waals surface area contributed by atoms with Crippen LogP contribution in [0.15, 0.2) is 41.2 Å². The SMILES string of the molecule is CCSc1nc2n(n1)[C@H](c1ccc(O)cc1)[C@H]1C(=O)CC(C)(C)C=C1N2. The zero-order valence-corrected chi connectivity index (χ0v) is 15.9. The summed E-state index contributed by atoms with van der Waals surface area (Å²) in [5.74, 6) is 1.62. The number of allylic oxidation sites excluding steroid dienone is 2. The van der Waals surface area contributed by atoms with Crippen LogP contribution in [0, 0.1) is 11.3 Å². The Labute approximate surface area is 156 Å². The molecule has 2 aromatic rings. The van der Waals surface area contributed by atoms with Crippen LogP contribution in [-0.2, 0) is 4.79 Å². The normalized spacial score (nSPS) is 23.7. The van der Waals surface area contributed by atoms with E-state index in [0.29, 0.717) is 17.5 Å². The number of hydrogen-bond acceptors (Lipinski definition) is 6. The highest BCUT2D eigenvalue weighted by Crippen LogP contribution is 2.45. The fraction of sp³-hybridized carbons (Fsp3) is 0.421. The maximum Gasteiger partial charge on any atom is 0.227 e. The Morgan fingerprint density at radius 3 is 2.77 bits per heavy atom. The van der Waals surface area contributed by atoms with Crippen LogP contribution in [0.25, 0.3) is 0 Å². The monoisotopic (exact) mass is 370 g/mol. The molecule has 136 valence electrons. The molecule has 1 aromatic heterocycles. The number of phenols is 1. The number of fused-ring (bicyclic) bond motifs is 2. The molecule has 1 aliphatic heterocycles. The lowest BCUT2D eigenvalue weighted by molar-refractivity contribution is -0.125. The molecule has 6 nitrogen and oxygen atoms in total. The lowest BCUT2D eigenvalue weighted by Gasteiger charge is -2.40. The molecule has 0 spiro atoms. The van der Waals surface area contributed by atoms with Crippen LogP contribution in [0.2, 0.25) is 0 Å². The van der Waals surface area contributed by atoms with E-state index in [4.69, 9.17) is 0 Å². The van der Waals surface area contributed by atoms with E-state index in [2.05, 4.69) is 42.2 Å². The number of benzene rings is 1. The van der Waals surface area contributed by atoms with Crippen LogP contribution < -0.4 is 5.32 Å². The number of carbonyl (C=O) groups excluding carboxylic acids is 1. The van der Waals surface area contributed by atoms with Crippen molar-refractivity contribution in [3.8, 4) is 5.75 Å². The topological polar surface area (TPSA) is 80.0 Å². The van der Waals surface area contributed by atoms with Gasteiger partial charge in [-0.2, -0.15) is 4.98 Å². The number of nitrogens with zero attached hydrogens (tertiary/aromatic N) is 3. The second-order valence-electron chi connectivity index (χ2n) is 7.47. The van der Waals surface area contributed by atoms with Crippen LogP contribution in [0.5, 0.6) is 5.75 Å². The Balaban J connectivity index is 1.88. The molecule has 0 radical (unpaired) electrons. The summed E-state index contributed by atoms with van der Waals surface area (Å²) in [5.41, 5.74) is 1.66. The van der Waals surface area contributed by atoms with Gasteiger partial charge in [0.25, 0.3) is 0 Å². The van der Waals surface area contributed by atoms with Crippen LogP contribution in [0.4, 0.5) is 5.95 Å². The molecular weight excluding hydrogens is 348 g/mol. The highest BCUT2D eigenvalue weighted by Gasteiger charge is 2.45. The van der Waals surface area contributed by atoms with Crippen molar-refractivity contribution in [2.24, 2.45) is 11.3 Å². The predicted octanol–water partition coefficient (Wildman–Crippen LogP) is 3.61. The van der Waals surface area contributed by atoms with E-state index >= 15 is 0 Å². The van der Waals surface area contributed by atoms with E-state index < -0.39 is 0 Å². The molecule has 2 N–H and O–H groups in total. The lowest BCUT2D eigenvalue weighted by Crippen LogP contribution is -2.42. The molecule has 0 fully saturated rings. The maximum atomic E-state index is 13.0. The minimum absolute atomic E-state index is 0.182. The average Bonchev–Trinajstić information content (AvgIpc) is 2.95. The third-order valence-corrected chi connectivity index (χ3v) is 5.53. The van der Waals surface area contributed by atoms with Gasteiger partial charge in [-0.1, -0.05) is 50.7 Å². The summed E-state index contributed by atoms with van der Waals surface area (Å²) < 4.78 is 1.82. The van der Waals surface area contributed by atoms with Gasteiger partial charge in [0.2, 0.25) is 11.1 Å². The van der Waals surface area contributed by atoms with Crippen molar-refractivity contribution >= 4 is 23.5 Å². The molecule has 0 saturated carbocycles. The first kappa shape index (κ1) is 17.1. The lowest BCUT2D eigenvalue weighted by atomic mass is 9.72. The van der Waals surface area contributed by atoms with Gasteiger partial charge < -0.3 is 10.4 Å². The first-order valence-electron chi connectivity index (χ1n) is 8.79. The third-order valence-electron chi connectivity index (χ3n) is 4.81. The van der Waals surface area contributed by atoms with E-state index in [0.717, 1.165) is 17.0 Å². The minimum Gasteiger partial charge on any atom is -0.508 e. The van der Waals surface area contributed by atoms with E-state index in [1.165, 1.54) is 0 Å². The number of anilines is 1. The van der Waals surface area contributed by atoms with Crippen LogP contribution in [0.3, 0.4) is 0 Å². The van der Waals surface area contributed by atoms with E-state index in [-0.39, 0.29) is 28.9 Å². The number of carbonyl (C=O) groups is 1. The van der Waals surface area contributed by atoms with Crippen molar-refractivity contribution in [2.75, 3.05) is 11.1 Å². The molecule has 4 rings (SSSR count). The highest BCUT2D eigenvalue weighted by molar-refractivity contribution is 7.99. The van der Waals surface area contributed by atoms with Crippen LogP contribution >= 0.6 is 11.8 Å². The van der Waals surface area contributed by atoms with Crippen LogP contribution in [-0.4, -0.2) is 31.4 Å². The van der Waals surface area contributed by atoms with Gasteiger partial charge in [0.1, 0.15) is 11.5 Å². The van der Waals surface area contributed by atoms with Crippen LogP contribution in [0.1, 0.15) is 38.8 Å². The third kappa shape index (κ3) is 2.90. The molecule has 0 bridgehead atoms. The van der Waals surface area contributed by atoms with Crippen molar-refractivity contribution in [2.45, 2.75) is 38.4 Å². The van der Waals surface area contributed by atoms with Gasteiger partial charge in [-0.3, -0.25) is 4.79 Å². The second-order valence-corrected chi connectivity index (χ2v) is 8.70. The fourth-order valence-electron chi connectivity index (χ4n) is 3.80. The zero-order valence-electron chi connectivity index (χ0n) is 15.1. The molecule has 26 heavy (non-hydrogen) atoms. The first-order valence-corrected chi connectivity index (χ1v) is 9.77. The Kier molecular flexibility index (Phi) is 4.06. The Morgan fingerprint density at radius 2 is 2.08 bits per heavy atom. The second kappa shape index (κ2) is 6.16. The number of aromatic nitrogens is 3. The van der Waals surface area contributed by atoms with Crippen molar-refractivity contribution in [3.63, 3.8) is 0 Å². The summed E-state index contributed by atoms with van der Waals surface area (Å²) in [4.78, 5) is 17.6. The van der Waals surface area contributed by atoms with Crippen molar-refractivity contribution in [1.29, 1.82) is 0 Å². The molecule has 2 aliphatic rings. The Hall–Kier alpha value is -2.28. The standard InChI is InChI=1S/C19H22N4O2S/c1-4-26-18-21-17-20-13-9-19(2,3)10-14(25)15(13)16(23(17)22-18)11-5-7-12(24)8-6-11/h5-9,15-16,24H,4,10H2,1-3H3,(H,20,21,22)/t15-,16-/m1/s1.